The highest BCUT2D eigenvalue weighted by atomic mass is 19.1. The molecule has 0 atom stereocenters. The summed E-state index contributed by atoms with van der Waals surface area (Å²) in [4.78, 5) is 2.16. The van der Waals surface area contributed by atoms with Crippen LogP contribution in [0.5, 0.6) is 5.75 Å². The van der Waals surface area contributed by atoms with Crippen molar-refractivity contribution < 1.29 is 13.9 Å². The van der Waals surface area contributed by atoms with E-state index in [1.165, 1.54) is 12.1 Å². The number of ether oxygens (including phenoxy) is 2. The number of nitrogens with zero attached hydrogens (tertiary/aromatic N) is 4. The highest BCUT2D eigenvalue weighted by Gasteiger charge is 2.29. The van der Waals surface area contributed by atoms with E-state index in [1.54, 1.807) is 12.1 Å². The fourth-order valence-electron chi connectivity index (χ4n) is 2.62. The van der Waals surface area contributed by atoms with Gasteiger partial charge in [0, 0.05) is 20.1 Å². The van der Waals surface area contributed by atoms with Crippen LogP contribution in [0.15, 0.2) is 24.3 Å². The van der Waals surface area contributed by atoms with Crippen molar-refractivity contribution in [2.24, 2.45) is 7.05 Å². The second-order valence-corrected chi connectivity index (χ2v) is 6.25. The van der Waals surface area contributed by atoms with Gasteiger partial charge in [0.2, 0.25) is 5.95 Å². The Morgan fingerprint density at radius 3 is 2.70 bits per heavy atom. The van der Waals surface area contributed by atoms with E-state index in [-0.39, 0.29) is 18.0 Å². The zero-order valence-corrected chi connectivity index (χ0v) is 13.6. The van der Waals surface area contributed by atoms with Crippen LogP contribution in [-0.4, -0.2) is 40.1 Å². The van der Waals surface area contributed by atoms with Crippen molar-refractivity contribution in [1.29, 1.82) is 0 Å². The Morgan fingerprint density at radius 2 is 2.00 bits per heavy atom. The van der Waals surface area contributed by atoms with Gasteiger partial charge in [0.1, 0.15) is 18.2 Å². The molecule has 0 spiro atoms. The summed E-state index contributed by atoms with van der Waals surface area (Å²) < 4.78 is 26.2. The molecule has 1 aliphatic rings. The normalized spacial score (nSPS) is 17.3. The smallest absolute Gasteiger partial charge is 0.227 e. The Kier molecular flexibility index (Phi) is 4.21. The van der Waals surface area contributed by atoms with Gasteiger partial charge in [-0.25, -0.2) is 4.39 Å². The van der Waals surface area contributed by atoms with Crippen LogP contribution in [-0.2, 0) is 18.4 Å². The molecule has 2 heterocycles. The Labute approximate surface area is 134 Å². The SMILES string of the molecule is Cn1c(COc2ccc(F)cc2)nnc1N1CCOC(C)(C)C1. The van der Waals surface area contributed by atoms with Crippen LogP contribution in [0, 0.1) is 5.82 Å². The molecule has 0 radical (unpaired) electrons. The lowest BCUT2D eigenvalue weighted by Gasteiger charge is -2.38. The van der Waals surface area contributed by atoms with Crippen LogP contribution >= 0.6 is 0 Å². The van der Waals surface area contributed by atoms with E-state index in [2.05, 4.69) is 28.9 Å². The molecule has 2 aromatic rings. The Morgan fingerprint density at radius 1 is 1.26 bits per heavy atom. The maximum absolute atomic E-state index is 12.9. The average Bonchev–Trinajstić information content (AvgIpc) is 2.87. The molecular weight excluding hydrogens is 299 g/mol. The van der Waals surface area contributed by atoms with E-state index in [9.17, 15) is 4.39 Å². The molecule has 1 aromatic carbocycles. The van der Waals surface area contributed by atoms with Crippen LogP contribution in [0.3, 0.4) is 0 Å². The molecule has 0 amide bonds. The van der Waals surface area contributed by atoms with Gasteiger partial charge >= 0.3 is 0 Å². The number of aromatic nitrogens is 3. The van der Waals surface area contributed by atoms with Gasteiger partial charge in [0.15, 0.2) is 5.82 Å². The zero-order valence-electron chi connectivity index (χ0n) is 13.6. The van der Waals surface area contributed by atoms with Crippen LogP contribution in [0.25, 0.3) is 0 Å². The molecule has 6 nitrogen and oxygen atoms in total. The number of benzene rings is 1. The average molecular weight is 320 g/mol. The van der Waals surface area contributed by atoms with Crippen LogP contribution in [0.4, 0.5) is 10.3 Å². The monoisotopic (exact) mass is 320 g/mol. The summed E-state index contributed by atoms with van der Waals surface area (Å²) in [5.41, 5.74) is -0.199. The molecule has 0 bridgehead atoms. The summed E-state index contributed by atoms with van der Waals surface area (Å²) >= 11 is 0. The summed E-state index contributed by atoms with van der Waals surface area (Å²) in [7, 11) is 1.92. The number of halogens is 1. The van der Waals surface area contributed by atoms with Crippen molar-refractivity contribution in [3.63, 3.8) is 0 Å². The van der Waals surface area contributed by atoms with Crippen molar-refractivity contribution in [2.75, 3.05) is 24.6 Å². The molecule has 0 unspecified atom stereocenters. The first-order valence-corrected chi connectivity index (χ1v) is 7.60. The van der Waals surface area contributed by atoms with Gasteiger partial charge in [0.25, 0.3) is 0 Å². The van der Waals surface area contributed by atoms with E-state index < -0.39 is 0 Å². The van der Waals surface area contributed by atoms with Crippen LogP contribution < -0.4 is 9.64 Å². The molecule has 1 fully saturated rings. The van der Waals surface area contributed by atoms with Gasteiger partial charge in [-0.2, -0.15) is 0 Å². The minimum absolute atomic E-state index is 0.199. The molecule has 23 heavy (non-hydrogen) atoms. The van der Waals surface area contributed by atoms with Gasteiger partial charge in [-0.1, -0.05) is 0 Å². The summed E-state index contributed by atoms with van der Waals surface area (Å²) in [5, 5.41) is 8.48. The first kappa shape index (κ1) is 15.7. The molecule has 0 saturated carbocycles. The van der Waals surface area contributed by atoms with Crippen LogP contribution in [0.2, 0.25) is 0 Å². The van der Waals surface area contributed by atoms with Crippen molar-refractivity contribution in [3.8, 4) is 5.75 Å². The van der Waals surface area contributed by atoms with E-state index in [0.717, 1.165) is 19.0 Å². The number of hydrogen-bond donors (Lipinski definition) is 0. The molecular formula is C16H21FN4O2. The van der Waals surface area contributed by atoms with Crippen molar-refractivity contribution in [3.05, 3.63) is 35.9 Å². The molecule has 1 saturated heterocycles. The van der Waals surface area contributed by atoms with Crippen molar-refractivity contribution in [1.82, 2.24) is 14.8 Å². The standard InChI is InChI=1S/C16H21FN4O2/c1-16(2)11-21(8-9-23-16)15-19-18-14(20(15)3)10-22-13-6-4-12(17)5-7-13/h4-7H,8-11H2,1-3H3. The zero-order chi connectivity index (χ0) is 16.4. The first-order valence-electron chi connectivity index (χ1n) is 7.60. The number of hydrogen-bond acceptors (Lipinski definition) is 5. The summed E-state index contributed by atoms with van der Waals surface area (Å²) in [6, 6.07) is 5.93. The van der Waals surface area contributed by atoms with Gasteiger partial charge < -0.3 is 14.4 Å². The topological polar surface area (TPSA) is 52.4 Å². The lowest BCUT2D eigenvalue weighted by atomic mass is 10.1. The number of morpholine rings is 1. The minimum atomic E-state index is -0.284. The number of rotatable bonds is 4. The second-order valence-electron chi connectivity index (χ2n) is 6.25. The molecule has 124 valence electrons. The molecule has 1 aromatic heterocycles. The quantitative estimate of drug-likeness (QED) is 0.864. The maximum atomic E-state index is 12.9. The molecule has 3 rings (SSSR count). The van der Waals surface area contributed by atoms with Gasteiger partial charge in [-0.3, -0.25) is 4.57 Å². The fraction of sp³-hybridized carbons (Fsp3) is 0.500. The van der Waals surface area contributed by atoms with Gasteiger partial charge in [-0.05, 0) is 38.1 Å². The Balaban J connectivity index is 1.68. The van der Waals surface area contributed by atoms with E-state index in [0.29, 0.717) is 18.2 Å². The molecule has 0 aliphatic carbocycles. The van der Waals surface area contributed by atoms with E-state index in [1.807, 2.05) is 11.6 Å². The Hall–Kier alpha value is -2.15. The third-order valence-electron chi connectivity index (χ3n) is 3.83. The van der Waals surface area contributed by atoms with Gasteiger partial charge in [0.05, 0.1) is 12.2 Å². The predicted octanol–water partition coefficient (Wildman–Crippen LogP) is 2.15. The lowest BCUT2D eigenvalue weighted by Crippen LogP contribution is -2.49. The highest BCUT2D eigenvalue weighted by molar-refractivity contribution is 5.32. The summed E-state index contributed by atoms with van der Waals surface area (Å²) in [6.45, 7) is 6.62. The number of anilines is 1. The largest absolute Gasteiger partial charge is 0.486 e. The Bertz CT molecular complexity index is 669. The molecule has 0 N–H and O–H groups in total. The summed E-state index contributed by atoms with van der Waals surface area (Å²) in [5.74, 6) is 1.84. The third-order valence-corrected chi connectivity index (χ3v) is 3.83. The van der Waals surface area contributed by atoms with Crippen molar-refractivity contribution in [2.45, 2.75) is 26.1 Å². The van der Waals surface area contributed by atoms with Crippen molar-refractivity contribution >= 4 is 5.95 Å². The molecule has 7 heteroatoms. The maximum Gasteiger partial charge on any atom is 0.227 e. The predicted molar refractivity (Wildman–Crippen MR) is 84.0 cm³/mol. The third kappa shape index (κ3) is 3.61. The highest BCUT2D eigenvalue weighted by Crippen LogP contribution is 2.22. The summed E-state index contributed by atoms with van der Waals surface area (Å²) in [6.07, 6.45) is 0. The first-order chi connectivity index (χ1) is 10.9. The van der Waals surface area contributed by atoms with E-state index in [4.69, 9.17) is 9.47 Å². The fourth-order valence-corrected chi connectivity index (χ4v) is 2.62. The second kappa shape index (κ2) is 6.16. The van der Waals surface area contributed by atoms with Gasteiger partial charge in [-0.15, -0.1) is 10.2 Å². The lowest BCUT2D eigenvalue weighted by molar-refractivity contribution is -0.0282. The molecule has 1 aliphatic heterocycles. The van der Waals surface area contributed by atoms with Crippen LogP contribution in [0.1, 0.15) is 19.7 Å². The minimum Gasteiger partial charge on any atom is -0.486 e. The van der Waals surface area contributed by atoms with E-state index >= 15 is 0 Å².